The van der Waals surface area contributed by atoms with Crippen LogP contribution in [0.1, 0.15) is 23.1 Å². The number of rotatable bonds is 4. The maximum Gasteiger partial charge on any atom is 1.00 e. The number of hydrogen-bond donors (Lipinski definition) is 3. The Labute approximate surface area is 165 Å². The van der Waals surface area contributed by atoms with E-state index in [-0.39, 0.29) is 117 Å². The van der Waals surface area contributed by atoms with Crippen molar-refractivity contribution in [1.82, 2.24) is 0 Å². The fourth-order valence-corrected chi connectivity index (χ4v) is 2.07. The van der Waals surface area contributed by atoms with Crippen molar-refractivity contribution in [2.75, 3.05) is 0 Å². The van der Waals surface area contributed by atoms with E-state index in [1.807, 2.05) is 13.8 Å². The molecule has 0 saturated heterocycles. The molecule has 66 valence electrons. The molecular formula is C6H20K2N2OSi. The molecule has 5 N–H and O–H groups in total. The summed E-state index contributed by atoms with van der Waals surface area (Å²) in [6.07, 6.45) is 0.927. The fraction of sp³-hybridized carbons (Fsp3) is 1.00. The van der Waals surface area contributed by atoms with Crippen LogP contribution in [0, 0.1) is 0 Å². The van der Waals surface area contributed by atoms with Gasteiger partial charge in [-0.3, -0.25) is 0 Å². The van der Waals surface area contributed by atoms with Crippen LogP contribution in [0.15, 0.2) is 0 Å². The molecule has 0 saturated carbocycles. The fourth-order valence-electron chi connectivity index (χ4n) is 0.692. The average Bonchev–Trinajstić information content (AvgIpc) is 1.87. The zero-order chi connectivity index (χ0) is 8.15. The molecule has 0 aromatic carbocycles. The Hall–Kier alpha value is 3.37. The Morgan fingerprint density at radius 2 is 1.83 bits per heavy atom. The topological polar surface area (TPSA) is 72.3 Å². The monoisotopic (exact) mass is 242 g/mol. The Kier molecular flexibility index (Phi) is 21.5. The second-order valence-corrected chi connectivity index (χ2v) is 5.49. The van der Waals surface area contributed by atoms with Gasteiger partial charge < -0.3 is 19.1 Å². The van der Waals surface area contributed by atoms with Crippen molar-refractivity contribution in [1.29, 1.82) is 0 Å². The van der Waals surface area contributed by atoms with Crippen LogP contribution in [0.25, 0.3) is 0 Å². The minimum atomic E-state index is -1.70. The summed E-state index contributed by atoms with van der Waals surface area (Å²) < 4.78 is 0. The molecule has 0 heterocycles. The molecule has 0 bridgehead atoms. The molecule has 3 atom stereocenters. The van der Waals surface area contributed by atoms with Gasteiger partial charge in [0.15, 0.2) is 9.04 Å². The number of hydrogen-bond acceptors (Lipinski definition) is 3. The Balaban J connectivity index is -0.0000000675. The van der Waals surface area contributed by atoms with Gasteiger partial charge in [0.25, 0.3) is 0 Å². The van der Waals surface area contributed by atoms with E-state index < -0.39 is 9.04 Å². The maximum atomic E-state index is 9.36. The van der Waals surface area contributed by atoms with Gasteiger partial charge in [-0.15, -0.1) is 0 Å². The predicted molar refractivity (Wildman–Crippen MR) is 48.3 cm³/mol. The van der Waals surface area contributed by atoms with Crippen LogP contribution in [-0.4, -0.2) is 25.5 Å². The van der Waals surface area contributed by atoms with E-state index in [0.29, 0.717) is 0 Å². The van der Waals surface area contributed by atoms with Crippen molar-refractivity contribution in [3.8, 4) is 0 Å². The van der Waals surface area contributed by atoms with E-state index in [4.69, 9.17) is 11.5 Å². The van der Waals surface area contributed by atoms with E-state index in [1.165, 1.54) is 0 Å². The zero-order valence-electron chi connectivity index (χ0n) is 10.7. The average molecular weight is 243 g/mol. The molecule has 0 aromatic heterocycles. The molecule has 0 amide bonds. The summed E-state index contributed by atoms with van der Waals surface area (Å²) in [6.45, 7) is 3.87. The van der Waals surface area contributed by atoms with Crippen molar-refractivity contribution < 1.29 is 110 Å². The Morgan fingerprint density at radius 1 is 1.42 bits per heavy atom. The van der Waals surface area contributed by atoms with Gasteiger partial charge >= 0.3 is 103 Å². The van der Waals surface area contributed by atoms with Gasteiger partial charge in [-0.2, -0.15) is 0 Å². The van der Waals surface area contributed by atoms with E-state index in [9.17, 15) is 4.80 Å². The van der Waals surface area contributed by atoms with E-state index in [2.05, 4.69) is 0 Å². The van der Waals surface area contributed by atoms with Crippen molar-refractivity contribution in [3.05, 3.63) is 0 Å². The van der Waals surface area contributed by atoms with E-state index in [1.54, 1.807) is 0 Å². The third-order valence-electron chi connectivity index (χ3n) is 1.68. The van der Waals surface area contributed by atoms with Gasteiger partial charge in [-0.25, -0.2) is 0 Å². The standard InChI is InChI=1S/C6H18N2OSi.2K.2H/c1-3-6(8)4-10(9)5(2)7;;;;/h5-6,9-10H,3-4,7-8H2,1-2H3;;;;/q;2*+1;2*-1. The minimum absolute atomic E-state index is 0. The molecule has 0 aliphatic heterocycles. The molecule has 0 aromatic rings. The van der Waals surface area contributed by atoms with Gasteiger partial charge in [0.1, 0.15) is 0 Å². The molecule has 0 radical (unpaired) electrons. The number of nitrogens with two attached hydrogens (primary N) is 2. The Bertz CT molecular complexity index is 106. The Morgan fingerprint density at radius 3 is 2.08 bits per heavy atom. The first-order valence-corrected chi connectivity index (χ1v) is 5.77. The molecule has 12 heavy (non-hydrogen) atoms. The molecule has 3 nitrogen and oxygen atoms in total. The second kappa shape index (κ2) is 12.4. The molecule has 0 aliphatic rings. The van der Waals surface area contributed by atoms with Gasteiger partial charge in [-0.1, -0.05) is 13.8 Å². The smallest absolute Gasteiger partial charge is 1.00 e. The van der Waals surface area contributed by atoms with Crippen LogP contribution < -0.4 is 114 Å². The third-order valence-corrected chi connectivity index (χ3v) is 3.98. The summed E-state index contributed by atoms with van der Waals surface area (Å²) in [6, 6.07) is 0.890. The SMILES string of the molecule is CCC(N)C[SiH](O)C(C)N.[H-].[H-].[K+].[K+]. The zero-order valence-corrected chi connectivity index (χ0v) is 16.1. The molecule has 0 rings (SSSR count). The van der Waals surface area contributed by atoms with Crippen molar-refractivity contribution in [3.63, 3.8) is 0 Å². The summed E-state index contributed by atoms with van der Waals surface area (Å²) in [5.41, 5.74) is 11.1. The first-order valence-electron chi connectivity index (χ1n) is 3.77. The first-order chi connectivity index (χ1) is 4.57. The third kappa shape index (κ3) is 11.4. The largest absolute Gasteiger partial charge is 1.00 e. The van der Waals surface area contributed by atoms with Crippen LogP contribution in [0.3, 0.4) is 0 Å². The van der Waals surface area contributed by atoms with Crippen LogP contribution in [-0.2, 0) is 0 Å². The van der Waals surface area contributed by atoms with Gasteiger partial charge in [0.2, 0.25) is 0 Å². The minimum Gasteiger partial charge on any atom is -1.00 e. The quantitative estimate of drug-likeness (QED) is 0.430. The summed E-state index contributed by atoms with van der Waals surface area (Å²) in [5.74, 6) is 0. The van der Waals surface area contributed by atoms with Crippen LogP contribution in [0.5, 0.6) is 0 Å². The normalized spacial score (nSPS) is 16.8. The molecule has 3 unspecified atom stereocenters. The summed E-state index contributed by atoms with van der Waals surface area (Å²) in [7, 11) is -1.70. The maximum absolute atomic E-state index is 9.36. The summed E-state index contributed by atoms with van der Waals surface area (Å²) >= 11 is 0. The van der Waals surface area contributed by atoms with Gasteiger partial charge in [0.05, 0.1) is 0 Å². The van der Waals surface area contributed by atoms with Crippen LogP contribution >= 0.6 is 0 Å². The molecule has 0 spiro atoms. The first kappa shape index (κ1) is 20.7. The van der Waals surface area contributed by atoms with Gasteiger partial charge in [0, 0.05) is 11.7 Å². The summed E-state index contributed by atoms with van der Waals surface area (Å²) in [4.78, 5) is 9.36. The second-order valence-electron chi connectivity index (χ2n) is 2.83. The van der Waals surface area contributed by atoms with Gasteiger partial charge in [-0.05, 0) is 12.5 Å². The predicted octanol–water partition coefficient (Wildman–Crippen LogP) is -6.44. The van der Waals surface area contributed by atoms with Crippen molar-refractivity contribution in [2.45, 2.75) is 38.0 Å². The van der Waals surface area contributed by atoms with Crippen molar-refractivity contribution >= 4 is 9.04 Å². The van der Waals surface area contributed by atoms with Crippen LogP contribution in [0.4, 0.5) is 0 Å². The molecule has 0 fully saturated rings. The molecular weight excluding hydrogens is 222 g/mol. The van der Waals surface area contributed by atoms with E-state index >= 15 is 0 Å². The molecule has 6 heteroatoms. The molecule has 0 aliphatic carbocycles. The van der Waals surface area contributed by atoms with E-state index in [0.717, 1.165) is 12.5 Å². The van der Waals surface area contributed by atoms with Crippen molar-refractivity contribution in [2.24, 2.45) is 11.5 Å². The summed E-state index contributed by atoms with van der Waals surface area (Å²) in [5, 5.41) is 0. The van der Waals surface area contributed by atoms with Crippen LogP contribution in [0.2, 0.25) is 6.04 Å².